The minimum absolute atomic E-state index is 0. The predicted molar refractivity (Wildman–Crippen MR) is 57.3 cm³/mol. The summed E-state index contributed by atoms with van der Waals surface area (Å²) in [7, 11) is 0. The van der Waals surface area contributed by atoms with Gasteiger partial charge in [-0.1, -0.05) is 36.4 Å². The molecule has 0 saturated heterocycles. The molecule has 0 aromatic heterocycles. The molecule has 0 N–H and O–H groups in total. The van der Waals surface area contributed by atoms with Crippen LogP contribution in [0.5, 0.6) is 0 Å². The third kappa shape index (κ3) is 86.7. The van der Waals surface area contributed by atoms with Gasteiger partial charge in [0.2, 0.25) is 0 Å². The third-order valence-electron chi connectivity index (χ3n) is 0.249. The van der Waals surface area contributed by atoms with Crippen molar-refractivity contribution in [2.75, 3.05) is 0 Å². The van der Waals surface area contributed by atoms with Gasteiger partial charge < -0.3 is 4.74 Å². The quantitative estimate of drug-likeness (QED) is 0.530. The van der Waals surface area contributed by atoms with E-state index in [1.165, 1.54) is 6.92 Å². The topological polar surface area (TPSA) is 26.3 Å². The van der Waals surface area contributed by atoms with Gasteiger partial charge in [-0.05, 0) is 0 Å². The van der Waals surface area contributed by atoms with Gasteiger partial charge in [0.1, 0.15) is 0 Å². The average Bonchev–Trinajstić information content (AvgIpc) is 1.62. The minimum atomic E-state index is -0.329. The molecule has 2 nitrogen and oxygen atoms in total. The Morgan fingerprint density at radius 1 is 1.42 bits per heavy atom. The van der Waals surface area contributed by atoms with Gasteiger partial charge >= 0.3 is 5.97 Å². The number of halogens is 4. The van der Waals surface area contributed by atoms with Crippen LogP contribution in [0.25, 0.3) is 0 Å². The summed E-state index contributed by atoms with van der Waals surface area (Å²) in [4.78, 5) is 9.75. The first kappa shape index (κ1) is 22.7. The molecule has 0 fully saturated rings. The van der Waals surface area contributed by atoms with E-state index < -0.39 is 0 Å². The lowest BCUT2D eigenvalue weighted by Gasteiger charge is -1.83. The van der Waals surface area contributed by atoms with E-state index in [0.29, 0.717) is 0 Å². The lowest BCUT2D eigenvalue weighted by Crippen LogP contribution is -1.87. The molecule has 0 saturated carbocycles. The maximum atomic E-state index is 9.75. The van der Waals surface area contributed by atoms with E-state index in [2.05, 4.69) is 17.9 Å². The van der Waals surface area contributed by atoms with Crippen molar-refractivity contribution in [2.24, 2.45) is 0 Å². The predicted octanol–water partition coefficient (Wildman–Crippen LogP) is 3.47. The molecule has 0 aromatic rings. The van der Waals surface area contributed by atoms with Gasteiger partial charge in [-0.2, -0.15) is 0 Å². The summed E-state index contributed by atoms with van der Waals surface area (Å²) in [6.45, 7) is 7.57. The number of rotatable bonds is 1. The zero-order valence-corrected chi connectivity index (χ0v) is 9.53. The van der Waals surface area contributed by atoms with Crippen molar-refractivity contribution < 1.29 is 9.53 Å². The van der Waals surface area contributed by atoms with Gasteiger partial charge in [0, 0.05) is 6.92 Å². The summed E-state index contributed by atoms with van der Waals surface area (Å²) < 4.78 is 4.28. The molecule has 0 atom stereocenters. The normalized spacial score (nSPS) is 5.58. The largest absolute Gasteiger partial charge is 0.435 e. The molecule has 0 heterocycles. The number of esters is 1. The third-order valence-corrected chi connectivity index (χ3v) is 0.249. The van der Waals surface area contributed by atoms with Gasteiger partial charge in [0.25, 0.3) is 0 Å². The minimum Gasteiger partial charge on any atom is -0.435 e. The molecule has 6 heteroatoms. The maximum absolute atomic E-state index is 9.75. The van der Waals surface area contributed by atoms with Crippen LogP contribution in [0, 0.1) is 0 Å². The second kappa shape index (κ2) is 17.3. The van der Waals surface area contributed by atoms with E-state index >= 15 is 0 Å². The fraction of sp³-hybridized carbons (Fsp3) is 0.167. The standard InChI is InChI=1S/C4H6O2.C2H2Cl2.2ClH/c1-3-6-4(2)5;1-2(3)4;;/h3H,1H2,2H3;1H2;2*1H. The molecule has 0 radical (unpaired) electrons. The highest BCUT2D eigenvalue weighted by molar-refractivity contribution is 6.55. The first-order chi connectivity index (χ1) is 4.50. The Morgan fingerprint density at radius 3 is 1.67 bits per heavy atom. The van der Waals surface area contributed by atoms with Crippen molar-refractivity contribution in [3.63, 3.8) is 0 Å². The zero-order valence-electron chi connectivity index (χ0n) is 6.38. The van der Waals surface area contributed by atoms with E-state index in [9.17, 15) is 4.79 Å². The van der Waals surface area contributed by atoms with Crippen LogP contribution in [-0.4, -0.2) is 5.97 Å². The van der Waals surface area contributed by atoms with Crippen molar-refractivity contribution >= 4 is 54.0 Å². The molecule has 74 valence electrons. The van der Waals surface area contributed by atoms with Crippen molar-refractivity contribution in [1.82, 2.24) is 0 Å². The van der Waals surface area contributed by atoms with Crippen LogP contribution in [0.4, 0.5) is 0 Å². The molecule has 0 aliphatic heterocycles. The number of hydrogen-bond acceptors (Lipinski definition) is 2. The molecule has 0 aliphatic carbocycles. The van der Waals surface area contributed by atoms with Gasteiger partial charge in [-0.15, -0.1) is 24.8 Å². The van der Waals surface area contributed by atoms with Crippen molar-refractivity contribution in [3.8, 4) is 0 Å². The van der Waals surface area contributed by atoms with Crippen molar-refractivity contribution in [2.45, 2.75) is 6.92 Å². The highest BCUT2D eigenvalue weighted by Crippen LogP contribution is 1.98. The lowest BCUT2D eigenvalue weighted by molar-refractivity contribution is -0.135. The fourth-order valence-electron chi connectivity index (χ4n) is 0.117. The fourth-order valence-corrected chi connectivity index (χ4v) is 0.117. The molecule has 0 rings (SSSR count). The monoisotopic (exact) mass is 254 g/mol. The Labute approximate surface area is 94.4 Å². The van der Waals surface area contributed by atoms with E-state index in [-0.39, 0.29) is 35.3 Å². The van der Waals surface area contributed by atoms with Crippen molar-refractivity contribution in [1.29, 1.82) is 0 Å². The Balaban J connectivity index is -0.0000000483. The molecule has 0 aliphatic rings. The molecule has 0 unspecified atom stereocenters. The highest BCUT2D eigenvalue weighted by atomic mass is 35.5. The van der Waals surface area contributed by atoms with Gasteiger partial charge in [-0.25, -0.2) is 0 Å². The van der Waals surface area contributed by atoms with Crippen LogP contribution in [0.15, 0.2) is 23.9 Å². The van der Waals surface area contributed by atoms with Gasteiger partial charge in [-0.3, -0.25) is 4.79 Å². The Bertz CT molecular complexity index is 132. The van der Waals surface area contributed by atoms with Crippen molar-refractivity contribution in [3.05, 3.63) is 23.9 Å². The van der Waals surface area contributed by atoms with Crippen LogP contribution >= 0.6 is 48.0 Å². The Kier molecular flexibility index (Phi) is 32.7. The highest BCUT2D eigenvalue weighted by Gasteiger charge is 1.79. The summed E-state index contributed by atoms with van der Waals surface area (Å²) >= 11 is 9.69. The summed E-state index contributed by atoms with van der Waals surface area (Å²) in [5.74, 6) is -0.329. The second-order valence-corrected chi connectivity index (χ2v) is 2.22. The molecular weight excluding hydrogens is 246 g/mol. The molecular formula is C6H10Cl4O2. The summed E-state index contributed by atoms with van der Waals surface area (Å²) in [6.07, 6.45) is 1.10. The number of ether oxygens (including phenoxy) is 1. The van der Waals surface area contributed by atoms with Crippen LogP contribution in [0.2, 0.25) is 0 Å². The Hall–Kier alpha value is 0.110. The second-order valence-electron chi connectivity index (χ2n) is 1.11. The maximum Gasteiger partial charge on any atom is 0.307 e. The van der Waals surface area contributed by atoms with Gasteiger partial charge in [0.05, 0.1) is 10.8 Å². The van der Waals surface area contributed by atoms with Crippen LogP contribution in [-0.2, 0) is 9.53 Å². The summed E-state index contributed by atoms with van der Waals surface area (Å²) in [6, 6.07) is 0. The zero-order chi connectivity index (χ0) is 8.57. The number of carbonyl (C=O) groups is 1. The first-order valence-corrected chi connectivity index (χ1v) is 3.04. The smallest absolute Gasteiger partial charge is 0.307 e. The number of hydrogen-bond donors (Lipinski definition) is 0. The van der Waals surface area contributed by atoms with Crippen LogP contribution in [0.3, 0.4) is 0 Å². The van der Waals surface area contributed by atoms with Crippen LogP contribution in [0.1, 0.15) is 6.92 Å². The molecule has 0 aromatic carbocycles. The SMILES string of the molecule is C=C(Cl)Cl.C=COC(C)=O.Cl.Cl. The molecule has 0 amide bonds. The molecule has 0 bridgehead atoms. The van der Waals surface area contributed by atoms with E-state index in [0.717, 1.165) is 6.26 Å². The van der Waals surface area contributed by atoms with E-state index in [1.807, 2.05) is 0 Å². The Morgan fingerprint density at radius 2 is 1.67 bits per heavy atom. The van der Waals surface area contributed by atoms with Crippen LogP contribution < -0.4 is 0 Å². The van der Waals surface area contributed by atoms with E-state index in [4.69, 9.17) is 23.2 Å². The number of carbonyl (C=O) groups excluding carboxylic acids is 1. The van der Waals surface area contributed by atoms with Gasteiger partial charge in [0.15, 0.2) is 0 Å². The van der Waals surface area contributed by atoms with E-state index in [1.54, 1.807) is 0 Å². The summed E-state index contributed by atoms with van der Waals surface area (Å²) in [5.41, 5.74) is 0. The lowest BCUT2D eigenvalue weighted by atomic mass is 10.8. The summed E-state index contributed by atoms with van der Waals surface area (Å²) in [5, 5.41) is 0. The average molecular weight is 256 g/mol. The molecule has 0 spiro atoms. The first-order valence-electron chi connectivity index (χ1n) is 2.28. The molecule has 12 heavy (non-hydrogen) atoms.